The van der Waals surface area contributed by atoms with Crippen molar-refractivity contribution in [3.05, 3.63) is 29.8 Å². The van der Waals surface area contributed by atoms with E-state index in [9.17, 15) is 21.6 Å². The highest BCUT2D eigenvalue weighted by molar-refractivity contribution is 7.92. The first-order valence-electron chi connectivity index (χ1n) is 5.12. The van der Waals surface area contributed by atoms with E-state index in [-0.39, 0.29) is 11.5 Å². The van der Waals surface area contributed by atoms with Crippen LogP contribution in [0.3, 0.4) is 0 Å². The summed E-state index contributed by atoms with van der Waals surface area (Å²) in [7, 11) is -5.26. The predicted molar refractivity (Wildman–Crippen MR) is 58.4 cm³/mol. The van der Waals surface area contributed by atoms with Gasteiger partial charge in [-0.15, -0.1) is 0 Å². The highest BCUT2D eigenvalue weighted by Crippen LogP contribution is 2.35. The Morgan fingerprint density at radius 3 is 2.24 bits per heavy atom. The van der Waals surface area contributed by atoms with Gasteiger partial charge in [-0.2, -0.15) is 13.2 Å². The fourth-order valence-corrected chi connectivity index (χ4v) is 2.56. The molecule has 2 nitrogen and oxygen atoms in total. The first kappa shape index (κ1) is 14.0. The van der Waals surface area contributed by atoms with Crippen LogP contribution in [0.4, 0.5) is 13.2 Å². The minimum atomic E-state index is -5.26. The SMILES string of the molecule is CCC(C)c1ccccc1S(=O)(=O)C(F)(F)F. The van der Waals surface area contributed by atoms with E-state index in [0.29, 0.717) is 6.42 Å². The third-order valence-corrected chi connectivity index (χ3v) is 4.22. The maximum absolute atomic E-state index is 12.5. The van der Waals surface area contributed by atoms with E-state index >= 15 is 0 Å². The Balaban J connectivity index is 3.43. The number of rotatable bonds is 3. The van der Waals surface area contributed by atoms with Crippen LogP contribution < -0.4 is 0 Å². The number of hydrogen-bond acceptors (Lipinski definition) is 2. The molecule has 17 heavy (non-hydrogen) atoms. The molecule has 0 saturated carbocycles. The van der Waals surface area contributed by atoms with Gasteiger partial charge in [0.1, 0.15) is 0 Å². The van der Waals surface area contributed by atoms with Gasteiger partial charge in [0.05, 0.1) is 4.90 Å². The second-order valence-corrected chi connectivity index (χ2v) is 5.71. The highest BCUT2D eigenvalue weighted by atomic mass is 32.2. The van der Waals surface area contributed by atoms with Gasteiger partial charge in [-0.25, -0.2) is 8.42 Å². The number of halogens is 3. The number of hydrogen-bond donors (Lipinski definition) is 0. The topological polar surface area (TPSA) is 34.1 Å². The van der Waals surface area contributed by atoms with Crippen molar-refractivity contribution in [3.63, 3.8) is 0 Å². The smallest absolute Gasteiger partial charge is 0.214 e. The molecule has 0 aromatic heterocycles. The average Bonchev–Trinajstić information content (AvgIpc) is 2.26. The summed E-state index contributed by atoms with van der Waals surface area (Å²) in [5.74, 6) is -0.233. The number of sulfone groups is 1. The Bertz CT molecular complexity index is 492. The lowest BCUT2D eigenvalue weighted by molar-refractivity contribution is -0.0436. The zero-order valence-corrected chi connectivity index (χ0v) is 10.3. The van der Waals surface area contributed by atoms with Crippen molar-refractivity contribution in [2.75, 3.05) is 0 Å². The van der Waals surface area contributed by atoms with Gasteiger partial charge in [-0.3, -0.25) is 0 Å². The van der Waals surface area contributed by atoms with Gasteiger partial charge < -0.3 is 0 Å². The Labute approximate surface area is 98.4 Å². The van der Waals surface area contributed by atoms with E-state index in [2.05, 4.69) is 0 Å². The standard InChI is InChI=1S/C11H13F3O2S/c1-3-8(2)9-6-4-5-7-10(9)17(15,16)11(12,13)14/h4-8H,3H2,1-2H3. The van der Waals surface area contributed by atoms with E-state index in [4.69, 9.17) is 0 Å². The lowest BCUT2D eigenvalue weighted by Gasteiger charge is -2.16. The van der Waals surface area contributed by atoms with Crippen LogP contribution in [0.25, 0.3) is 0 Å². The molecule has 96 valence electrons. The minimum absolute atomic E-state index is 0.215. The molecule has 0 bridgehead atoms. The second-order valence-electron chi connectivity index (χ2n) is 3.80. The van der Waals surface area contributed by atoms with E-state index in [1.807, 2.05) is 0 Å². The van der Waals surface area contributed by atoms with Crippen molar-refractivity contribution in [1.82, 2.24) is 0 Å². The summed E-state index contributed by atoms with van der Waals surface area (Å²) in [6.45, 7) is 3.49. The average molecular weight is 266 g/mol. The second kappa shape index (κ2) is 4.68. The first-order chi connectivity index (χ1) is 7.71. The molecule has 0 N–H and O–H groups in total. The number of alkyl halides is 3. The Morgan fingerprint density at radius 1 is 1.24 bits per heavy atom. The molecule has 1 atom stereocenters. The normalized spacial score (nSPS) is 14.6. The molecule has 0 heterocycles. The van der Waals surface area contributed by atoms with Gasteiger partial charge in [0.15, 0.2) is 0 Å². The summed E-state index contributed by atoms with van der Waals surface area (Å²) in [4.78, 5) is -0.637. The van der Waals surface area contributed by atoms with Crippen molar-refractivity contribution in [2.45, 2.75) is 36.6 Å². The molecule has 0 aliphatic rings. The predicted octanol–water partition coefficient (Wildman–Crippen LogP) is 3.49. The van der Waals surface area contributed by atoms with Crippen molar-refractivity contribution in [2.24, 2.45) is 0 Å². The van der Waals surface area contributed by atoms with Crippen LogP contribution in [0, 0.1) is 0 Å². The van der Waals surface area contributed by atoms with Crippen molar-refractivity contribution in [3.8, 4) is 0 Å². The van der Waals surface area contributed by atoms with Gasteiger partial charge in [-0.1, -0.05) is 32.0 Å². The van der Waals surface area contributed by atoms with Crippen LogP contribution in [-0.2, 0) is 9.84 Å². The highest BCUT2D eigenvalue weighted by Gasteiger charge is 2.47. The Morgan fingerprint density at radius 2 is 1.76 bits per heavy atom. The van der Waals surface area contributed by atoms with Gasteiger partial charge >= 0.3 is 5.51 Å². The molecule has 0 saturated heterocycles. The van der Waals surface area contributed by atoms with E-state index in [0.717, 1.165) is 6.07 Å². The van der Waals surface area contributed by atoms with Crippen LogP contribution in [0.15, 0.2) is 29.2 Å². The minimum Gasteiger partial charge on any atom is -0.214 e. The van der Waals surface area contributed by atoms with Crippen molar-refractivity contribution in [1.29, 1.82) is 0 Å². The summed E-state index contributed by atoms with van der Waals surface area (Å²) >= 11 is 0. The third-order valence-electron chi connectivity index (χ3n) is 2.66. The summed E-state index contributed by atoms with van der Waals surface area (Å²) < 4.78 is 60.2. The molecule has 6 heteroatoms. The maximum Gasteiger partial charge on any atom is 0.501 e. The lowest BCUT2D eigenvalue weighted by atomic mass is 9.99. The molecule has 0 amide bonds. The van der Waals surface area contributed by atoms with Crippen LogP contribution in [0.2, 0.25) is 0 Å². The summed E-state index contributed by atoms with van der Waals surface area (Å²) in [6, 6.07) is 5.26. The molecule has 1 aromatic rings. The van der Waals surface area contributed by atoms with Gasteiger partial charge in [0.2, 0.25) is 0 Å². The molecule has 1 unspecified atom stereocenters. The lowest BCUT2D eigenvalue weighted by Crippen LogP contribution is -2.24. The zero-order chi connectivity index (χ0) is 13.3. The van der Waals surface area contributed by atoms with Gasteiger partial charge in [-0.05, 0) is 24.0 Å². The molecule has 0 fully saturated rings. The molecule has 0 spiro atoms. The molecule has 0 aliphatic carbocycles. The van der Waals surface area contributed by atoms with E-state index in [1.54, 1.807) is 13.8 Å². The molecule has 1 aromatic carbocycles. The maximum atomic E-state index is 12.5. The third kappa shape index (κ3) is 2.62. The molecular formula is C11H13F3O2S. The summed E-state index contributed by atoms with van der Waals surface area (Å²) in [6.07, 6.45) is 0.574. The Kier molecular flexibility index (Phi) is 3.86. The van der Waals surface area contributed by atoms with E-state index < -0.39 is 20.2 Å². The molecule has 0 aliphatic heterocycles. The fraction of sp³-hybridized carbons (Fsp3) is 0.455. The Hall–Kier alpha value is -1.04. The van der Waals surface area contributed by atoms with Gasteiger partial charge in [0.25, 0.3) is 9.84 Å². The van der Waals surface area contributed by atoms with Crippen molar-refractivity contribution < 1.29 is 21.6 Å². The molecule has 1 rings (SSSR count). The molecule has 0 radical (unpaired) electrons. The van der Waals surface area contributed by atoms with Crippen LogP contribution >= 0.6 is 0 Å². The van der Waals surface area contributed by atoms with Crippen molar-refractivity contribution >= 4 is 9.84 Å². The summed E-state index contributed by atoms with van der Waals surface area (Å²) in [5.41, 5.74) is -5.04. The number of benzene rings is 1. The van der Waals surface area contributed by atoms with Crippen LogP contribution in [0.5, 0.6) is 0 Å². The largest absolute Gasteiger partial charge is 0.501 e. The zero-order valence-electron chi connectivity index (χ0n) is 9.45. The quantitative estimate of drug-likeness (QED) is 0.839. The fourth-order valence-electron chi connectivity index (χ4n) is 1.48. The summed E-state index contributed by atoms with van der Waals surface area (Å²) in [5, 5.41) is 0. The first-order valence-corrected chi connectivity index (χ1v) is 6.60. The molecular weight excluding hydrogens is 253 g/mol. The van der Waals surface area contributed by atoms with Crippen LogP contribution in [0.1, 0.15) is 31.7 Å². The van der Waals surface area contributed by atoms with Gasteiger partial charge in [0, 0.05) is 0 Å². The van der Waals surface area contributed by atoms with E-state index in [1.165, 1.54) is 18.2 Å². The van der Waals surface area contributed by atoms with Crippen LogP contribution in [-0.4, -0.2) is 13.9 Å². The monoisotopic (exact) mass is 266 g/mol.